The molecule has 0 saturated heterocycles. The Morgan fingerprint density at radius 2 is 2.17 bits per heavy atom. The molecule has 0 atom stereocenters. The van der Waals surface area contributed by atoms with Crippen molar-refractivity contribution in [2.45, 2.75) is 13.3 Å². The van der Waals surface area contributed by atoms with Gasteiger partial charge in [0.2, 0.25) is 0 Å². The quantitative estimate of drug-likeness (QED) is 0.544. The third-order valence-electron chi connectivity index (χ3n) is 3.15. The highest BCUT2D eigenvalue weighted by atomic mass is 16.7. The number of benzene rings is 1. The molecule has 0 bridgehead atoms. The lowest BCUT2D eigenvalue weighted by Gasteiger charge is -2.11. The first-order valence-electron chi connectivity index (χ1n) is 7.57. The topological polar surface area (TPSA) is 80.7 Å². The van der Waals surface area contributed by atoms with Gasteiger partial charge in [-0.3, -0.25) is 20.1 Å². The number of aromatic nitrogens is 1. The van der Waals surface area contributed by atoms with Crippen LogP contribution in [0.15, 0.2) is 54.9 Å². The van der Waals surface area contributed by atoms with Gasteiger partial charge in [0.1, 0.15) is 19.0 Å². The monoisotopic (exact) mass is 328 g/mol. The third kappa shape index (κ3) is 5.73. The minimum absolute atomic E-state index is 0.0228. The van der Waals surface area contributed by atoms with Gasteiger partial charge in [0.15, 0.2) is 0 Å². The lowest BCUT2D eigenvalue weighted by Crippen LogP contribution is -2.18. The average molecular weight is 328 g/mol. The van der Waals surface area contributed by atoms with Crippen LogP contribution in [0.2, 0.25) is 0 Å². The fourth-order valence-corrected chi connectivity index (χ4v) is 2.06. The molecule has 0 aliphatic heterocycles. The van der Waals surface area contributed by atoms with Crippen molar-refractivity contribution in [1.29, 1.82) is 0 Å². The van der Waals surface area contributed by atoms with E-state index >= 15 is 0 Å². The van der Waals surface area contributed by atoms with Gasteiger partial charge in [-0.1, -0.05) is 18.2 Å². The lowest BCUT2D eigenvalue weighted by atomic mass is 10.1. The van der Waals surface area contributed by atoms with Crippen molar-refractivity contribution in [2.75, 3.05) is 13.2 Å². The van der Waals surface area contributed by atoms with Gasteiger partial charge in [-0.25, -0.2) is 0 Å². The van der Waals surface area contributed by atoms with Gasteiger partial charge in [0, 0.05) is 18.0 Å². The maximum Gasteiger partial charge on any atom is 0.307 e. The number of nitrogens with one attached hydrogen (secondary N) is 1. The summed E-state index contributed by atoms with van der Waals surface area (Å²) in [5.74, 6) is -0.246. The second-order valence-electron chi connectivity index (χ2n) is 4.96. The molecular formula is C18H20N2O4. The Morgan fingerprint density at radius 1 is 1.29 bits per heavy atom. The average Bonchev–Trinajstić information content (AvgIpc) is 2.58. The molecule has 0 aliphatic carbocycles. The molecule has 126 valence electrons. The van der Waals surface area contributed by atoms with Gasteiger partial charge in [0.25, 0.3) is 0 Å². The molecule has 2 aromatic rings. The van der Waals surface area contributed by atoms with Crippen LogP contribution in [0.25, 0.3) is 5.70 Å². The number of carboxylic acid groups (broad SMARTS) is 1. The molecule has 0 spiro atoms. The Hall–Kier alpha value is -2.86. The summed E-state index contributed by atoms with van der Waals surface area (Å²) in [6, 6.07) is 10.8. The number of aliphatic carboxylic acids is 1. The van der Waals surface area contributed by atoms with Gasteiger partial charge in [0.05, 0.1) is 12.1 Å². The van der Waals surface area contributed by atoms with E-state index in [4.69, 9.17) is 14.7 Å². The largest absolute Gasteiger partial charge is 0.491 e. The molecule has 0 aliphatic rings. The summed E-state index contributed by atoms with van der Waals surface area (Å²) in [5, 5.41) is 8.79. The Labute approximate surface area is 140 Å². The van der Waals surface area contributed by atoms with E-state index in [1.807, 2.05) is 25.1 Å². The minimum Gasteiger partial charge on any atom is -0.491 e. The highest BCUT2D eigenvalue weighted by Gasteiger charge is 2.03. The number of rotatable bonds is 9. The number of hydrogen-bond acceptors (Lipinski definition) is 5. The van der Waals surface area contributed by atoms with Crippen LogP contribution in [-0.4, -0.2) is 29.3 Å². The normalized spacial score (nSPS) is 11.1. The highest BCUT2D eigenvalue weighted by Crippen LogP contribution is 2.14. The van der Waals surface area contributed by atoms with Crippen LogP contribution in [0, 0.1) is 0 Å². The molecule has 0 fully saturated rings. The van der Waals surface area contributed by atoms with E-state index < -0.39 is 5.97 Å². The zero-order valence-corrected chi connectivity index (χ0v) is 13.4. The predicted octanol–water partition coefficient (Wildman–Crippen LogP) is 2.67. The smallest absolute Gasteiger partial charge is 0.307 e. The molecule has 6 heteroatoms. The fraction of sp³-hybridized carbons (Fsp3) is 0.222. The molecule has 2 N–H and O–H groups in total. The zero-order chi connectivity index (χ0) is 17.2. The molecule has 1 aromatic carbocycles. The van der Waals surface area contributed by atoms with Gasteiger partial charge >= 0.3 is 5.97 Å². The molecule has 0 unspecified atom stereocenters. The predicted molar refractivity (Wildman–Crippen MR) is 90.3 cm³/mol. The van der Waals surface area contributed by atoms with Crippen LogP contribution in [0.4, 0.5) is 0 Å². The van der Waals surface area contributed by atoms with E-state index in [0.717, 1.165) is 11.3 Å². The van der Waals surface area contributed by atoms with Crippen LogP contribution < -0.4 is 10.2 Å². The number of nitrogens with zero attached hydrogens (tertiary/aromatic N) is 1. The molecule has 24 heavy (non-hydrogen) atoms. The van der Waals surface area contributed by atoms with Gasteiger partial charge in [-0.15, -0.1) is 0 Å². The number of pyridine rings is 1. The van der Waals surface area contributed by atoms with Crippen molar-refractivity contribution < 1.29 is 19.5 Å². The van der Waals surface area contributed by atoms with Crippen LogP contribution in [0.1, 0.15) is 18.1 Å². The van der Waals surface area contributed by atoms with Crippen molar-refractivity contribution in [3.63, 3.8) is 0 Å². The Balaban J connectivity index is 1.74. The first-order valence-corrected chi connectivity index (χ1v) is 7.57. The summed E-state index contributed by atoms with van der Waals surface area (Å²) in [6.45, 7) is 2.58. The molecule has 1 heterocycles. The lowest BCUT2D eigenvalue weighted by molar-refractivity contribution is -0.136. The standard InChI is InChI=1S/C18H20N2O4/c1-2-17(15-6-4-8-19-13-15)20-24-10-9-23-16-7-3-5-14(11-16)12-18(21)22/h2-8,11,13,20H,9-10,12H2,1H3,(H,21,22). The van der Waals surface area contributed by atoms with Crippen LogP contribution >= 0.6 is 0 Å². The summed E-state index contributed by atoms with van der Waals surface area (Å²) >= 11 is 0. The van der Waals surface area contributed by atoms with Gasteiger partial charge < -0.3 is 9.84 Å². The summed E-state index contributed by atoms with van der Waals surface area (Å²) in [6.07, 6.45) is 5.33. The second-order valence-corrected chi connectivity index (χ2v) is 4.96. The number of carboxylic acids is 1. The van der Waals surface area contributed by atoms with Crippen molar-refractivity contribution in [2.24, 2.45) is 0 Å². The SMILES string of the molecule is CC=C(NOCCOc1cccc(CC(=O)O)c1)c1cccnc1. The van der Waals surface area contributed by atoms with Crippen LogP contribution in [0.5, 0.6) is 5.75 Å². The Kier molecular flexibility index (Phi) is 6.79. The maximum absolute atomic E-state index is 10.7. The van der Waals surface area contributed by atoms with E-state index in [2.05, 4.69) is 10.5 Å². The van der Waals surface area contributed by atoms with Crippen LogP contribution in [0.3, 0.4) is 0 Å². The molecule has 2 rings (SSSR count). The van der Waals surface area contributed by atoms with E-state index in [0.29, 0.717) is 24.5 Å². The van der Waals surface area contributed by atoms with Crippen molar-refractivity contribution in [3.05, 3.63) is 66.0 Å². The van der Waals surface area contributed by atoms with E-state index in [9.17, 15) is 4.79 Å². The minimum atomic E-state index is -0.867. The molecular weight excluding hydrogens is 308 g/mol. The van der Waals surface area contributed by atoms with Gasteiger partial charge in [-0.05, 0) is 36.8 Å². The summed E-state index contributed by atoms with van der Waals surface area (Å²) < 4.78 is 5.56. The molecule has 1 aromatic heterocycles. The third-order valence-corrected chi connectivity index (χ3v) is 3.15. The van der Waals surface area contributed by atoms with Crippen molar-refractivity contribution in [1.82, 2.24) is 10.5 Å². The summed E-state index contributed by atoms with van der Waals surface area (Å²) in [4.78, 5) is 20.2. The summed E-state index contributed by atoms with van der Waals surface area (Å²) in [5.41, 5.74) is 5.33. The highest BCUT2D eigenvalue weighted by molar-refractivity contribution is 5.70. The van der Waals surface area contributed by atoms with E-state index in [1.165, 1.54) is 0 Å². The van der Waals surface area contributed by atoms with E-state index in [-0.39, 0.29) is 6.42 Å². The maximum atomic E-state index is 10.7. The Morgan fingerprint density at radius 3 is 2.88 bits per heavy atom. The summed E-state index contributed by atoms with van der Waals surface area (Å²) in [7, 11) is 0. The number of hydrogen-bond donors (Lipinski definition) is 2. The zero-order valence-electron chi connectivity index (χ0n) is 13.4. The fourth-order valence-electron chi connectivity index (χ4n) is 2.06. The van der Waals surface area contributed by atoms with E-state index in [1.54, 1.807) is 36.7 Å². The van der Waals surface area contributed by atoms with Crippen molar-refractivity contribution >= 4 is 11.7 Å². The number of hydroxylamine groups is 1. The molecule has 6 nitrogen and oxygen atoms in total. The molecule has 0 amide bonds. The number of carbonyl (C=O) groups is 1. The van der Waals surface area contributed by atoms with Crippen LogP contribution in [-0.2, 0) is 16.1 Å². The second kappa shape index (κ2) is 9.32. The first-order chi connectivity index (χ1) is 11.7. The molecule has 0 saturated carbocycles. The molecule has 0 radical (unpaired) electrons. The number of allylic oxidation sites excluding steroid dienone is 1. The van der Waals surface area contributed by atoms with Crippen molar-refractivity contribution in [3.8, 4) is 5.75 Å². The number of ether oxygens (including phenoxy) is 1. The first kappa shape index (κ1) is 17.5. The van der Waals surface area contributed by atoms with Gasteiger partial charge in [-0.2, -0.15) is 0 Å². The Bertz CT molecular complexity index is 686.